The summed E-state index contributed by atoms with van der Waals surface area (Å²) >= 11 is 1.30. The maximum Gasteiger partial charge on any atom is 0.296 e. The largest absolute Gasteiger partial charge is 0.493 e. The van der Waals surface area contributed by atoms with Crippen molar-refractivity contribution in [2.45, 2.75) is 44.9 Å². The number of aryl methyl sites for hydroxylation is 1. The Bertz CT molecular complexity index is 1170. The van der Waals surface area contributed by atoms with Gasteiger partial charge in [-0.05, 0) is 53.5 Å². The molecule has 2 aromatic carbocycles. The Morgan fingerprint density at radius 1 is 1.09 bits per heavy atom. The van der Waals surface area contributed by atoms with E-state index in [1.807, 2.05) is 24.5 Å². The molecule has 0 amide bonds. The molecule has 8 heteroatoms. The van der Waals surface area contributed by atoms with Crippen molar-refractivity contribution in [2.75, 3.05) is 13.4 Å². The second-order valence-electron chi connectivity index (χ2n) is 8.28. The quantitative estimate of drug-likeness (QED) is 0.390. The van der Waals surface area contributed by atoms with E-state index in [-0.39, 0.29) is 16.7 Å². The van der Waals surface area contributed by atoms with Crippen LogP contribution in [0.3, 0.4) is 0 Å². The zero-order chi connectivity index (χ0) is 23.3. The number of methoxy groups -OCH3 is 1. The third kappa shape index (κ3) is 5.56. The summed E-state index contributed by atoms with van der Waals surface area (Å²) in [7, 11) is 1.59. The van der Waals surface area contributed by atoms with Crippen molar-refractivity contribution >= 4 is 18.0 Å². The van der Waals surface area contributed by atoms with Gasteiger partial charge < -0.3 is 9.47 Å². The van der Waals surface area contributed by atoms with Crippen LogP contribution in [-0.2, 0) is 12.0 Å². The number of benzene rings is 2. The molecule has 0 saturated heterocycles. The van der Waals surface area contributed by atoms with E-state index in [9.17, 15) is 4.79 Å². The Kier molecular flexibility index (Phi) is 7.35. The summed E-state index contributed by atoms with van der Waals surface area (Å²) in [6.07, 6.45) is 3.40. The molecule has 0 spiro atoms. The second-order valence-corrected chi connectivity index (χ2v) is 9.05. The number of rotatable bonds is 7. The van der Waals surface area contributed by atoms with Crippen LogP contribution in [-0.4, -0.2) is 34.5 Å². The molecular weight excluding hydrogens is 424 g/mol. The average Bonchev–Trinajstić information content (AvgIpc) is 2.78. The molecule has 3 aromatic rings. The van der Waals surface area contributed by atoms with Crippen molar-refractivity contribution in [3.63, 3.8) is 0 Å². The summed E-state index contributed by atoms with van der Waals surface area (Å²) in [6, 6.07) is 13.9. The monoisotopic (exact) mass is 452 g/mol. The number of hydrogen-bond acceptors (Lipinski definition) is 7. The molecule has 7 nitrogen and oxygen atoms in total. The van der Waals surface area contributed by atoms with Crippen molar-refractivity contribution in [1.82, 2.24) is 14.9 Å². The fourth-order valence-electron chi connectivity index (χ4n) is 2.94. The van der Waals surface area contributed by atoms with Crippen molar-refractivity contribution in [3.05, 3.63) is 75.2 Å². The Hall–Kier alpha value is -3.13. The van der Waals surface area contributed by atoms with Gasteiger partial charge in [-0.3, -0.25) is 4.79 Å². The molecule has 168 valence electrons. The maximum atomic E-state index is 12.3. The fourth-order valence-corrected chi connectivity index (χ4v) is 3.37. The first kappa shape index (κ1) is 23.5. The van der Waals surface area contributed by atoms with Crippen LogP contribution < -0.4 is 15.0 Å². The average molecular weight is 453 g/mol. The number of aromatic nitrogens is 3. The van der Waals surface area contributed by atoms with Gasteiger partial charge in [0.25, 0.3) is 5.56 Å². The van der Waals surface area contributed by atoms with E-state index < -0.39 is 0 Å². The fraction of sp³-hybridized carbons (Fsp3) is 0.333. The summed E-state index contributed by atoms with van der Waals surface area (Å²) in [6.45, 7) is 8.62. The molecule has 0 radical (unpaired) electrons. The first-order valence-corrected chi connectivity index (χ1v) is 11.4. The van der Waals surface area contributed by atoms with Crippen LogP contribution in [0.4, 0.5) is 0 Å². The van der Waals surface area contributed by atoms with E-state index in [4.69, 9.17) is 9.47 Å². The lowest BCUT2D eigenvalue weighted by Crippen LogP contribution is -2.23. The smallest absolute Gasteiger partial charge is 0.296 e. The first-order valence-electron chi connectivity index (χ1n) is 10.2. The van der Waals surface area contributed by atoms with Crippen LogP contribution in [0.25, 0.3) is 0 Å². The topological polar surface area (TPSA) is 78.6 Å². The highest BCUT2D eigenvalue weighted by atomic mass is 32.2. The van der Waals surface area contributed by atoms with Crippen LogP contribution >= 0.6 is 11.8 Å². The van der Waals surface area contributed by atoms with Crippen molar-refractivity contribution < 1.29 is 9.47 Å². The summed E-state index contributed by atoms with van der Waals surface area (Å²) in [5.41, 5.74) is 3.23. The highest BCUT2D eigenvalue weighted by molar-refractivity contribution is 7.98. The lowest BCUT2D eigenvalue weighted by atomic mass is 9.87. The van der Waals surface area contributed by atoms with Gasteiger partial charge in [0.1, 0.15) is 12.3 Å². The van der Waals surface area contributed by atoms with Crippen LogP contribution in [0.1, 0.15) is 43.2 Å². The molecule has 0 aliphatic carbocycles. The minimum Gasteiger partial charge on any atom is -0.493 e. The molecule has 0 saturated carbocycles. The molecule has 0 atom stereocenters. The van der Waals surface area contributed by atoms with Gasteiger partial charge in [0.2, 0.25) is 5.16 Å². The minimum absolute atomic E-state index is 0.118. The number of nitrogens with zero attached hydrogens (tertiary/aromatic N) is 4. The van der Waals surface area contributed by atoms with Crippen molar-refractivity contribution in [2.24, 2.45) is 5.10 Å². The van der Waals surface area contributed by atoms with Crippen molar-refractivity contribution in [1.29, 1.82) is 0 Å². The Labute approximate surface area is 192 Å². The minimum atomic E-state index is -0.301. The van der Waals surface area contributed by atoms with Crippen LogP contribution in [0.5, 0.6) is 11.5 Å². The highest BCUT2D eigenvalue weighted by Crippen LogP contribution is 2.29. The molecule has 0 aliphatic heterocycles. The van der Waals surface area contributed by atoms with Gasteiger partial charge >= 0.3 is 0 Å². The van der Waals surface area contributed by atoms with Crippen molar-refractivity contribution in [3.8, 4) is 11.5 Å². The zero-order valence-electron chi connectivity index (χ0n) is 19.2. The summed E-state index contributed by atoms with van der Waals surface area (Å²) < 4.78 is 12.7. The molecule has 3 rings (SSSR count). The van der Waals surface area contributed by atoms with E-state index in [0.717, 1.165) is 11.1 Å². The van der Waals surface area contributed by atoms with E-state index in [1.165, 1.54) is 22.0 Å². The molecule has 32 heavy (non-hydrogen) atoms. The van der Waals surface area contributed by atoms with Gasteiger partial charge in [-0.15, -0.1) is 10.2 Å². The Balaban J connectivity index is 1.76. The number of ether oxygens (including phenoxy) is 2. The zero-order valence-corrected chi connectivity index (χ0v) is 20.1. The van der Waals surface area contributed by atoms with Gasteiger partial charge in [-0.25, -0.2) is 0 Å². The van der Waals surface area contributed by atoms with E-state index in [1.54, 1.807) is 20.2 Å². The molecule has 1 heterocycles. The summed E-state index contributed by atoms with van der Waals surface area (Å²) in [4.78, 5) is 12.3. The molecular formula is C24H28N4O3S. The predicted octanol–water partition coefficient (Wildman–Crippen LogP) is 4.44. The van der Waals surface area contributed by atoms with E-state index in [2.05, 4.69) is 60.3 Å². The third-order valence-electron chi connectivity index (χ3n) is 4.88. The predicted molar refractivity (Wildman–Crippen MR) is 128 cm³/mol. The second kappa shape index (κ2) is 9.99. The van der Waals surface area contributed by atoms with Gasteiger partial charge in [0.05, 0.1) is 13.3 Å². The van der Waals surface area contributed by atoms with Gasteiger partial charge in [-0.2, -0.15) is 9.78 Å². The summed E-state index contributed by atoms with van der Waals surface area (Å²) in [5.74, 6) is 1.22. The third-order valence-corrected chi connectivity index (χ3v) is 5.50. The standard InChI is InChI=1S/C24H28N4O3S/c1-16-22(29)28(23(32-6)27-26-16)25-14-18-9-12-20(21(13-18)30-5)31-15-17-7-10-19(11-8-17)24(2,3)4/h7-14H,15H2,1-6H3/b25-14-. The number of thioether (sulfide) groups is 1. The molecule has 0 N–H and O–H groups in total. The Morgan fingerprint density at radius 2 is 1.81 bits per heavy atom. The van der Waals surface area contributed by atoms with Crippen LogP contribution in [0, 0.1) is 6.92 Å². The first-order chi connectivity index (χ1) is 15.2. The molecule has 0 unspecified atom stereocenters. The number of hydrogen-bond donors (Lipinski definition) is 0. The molecule has 0 bridgehead atoms. The van der Waals surface area contributed by atoms with Gasteiger partial charge in [-0.1, -0.05) is 56.8 Å². The lowest BCUT2D eigenvalue weighted by molar-refractivity contribution is 0.284. The molecule has 1 aromatic heterocycles. The highest BCUT2D eigenvalue weighted by Gasteiger charge is 2.13. The lowest BCUT2D eigenvalue weighted by Gasteiger charge is -2.19. The van der Waals surface area contributed by atoms with Gasteiger partial charge in [0, 0.05) is 0 Å². The Morgan fingerprint density at radius 3 is 2.44 bits per heavy atom. The van der Waals surface area contributed by atoms with Crippen LogP contribution in [0.15, 0.2) is 57.5 Å². The normalized spacial score (nSPS) is 11.7. The summed E-state index contributed by atoms with van der Waals surface area (Å²) in [5, 5.41) is 12.6. The SMILES string of the molecule is COc1cc(/C=N\n2c(SC)nnc(C)c2=O)ccc1OCc1ccc(C(C)(C)C)cc1. The maximum absolute atomic E-state index is 12.3. The van der Waals surface area contributed by atoms with E-state index in [0.29, 0.717) is 23.3 Å². The molecule has 0 fully saturated rings. The van der Waals surface area contributed by atoms with Gasteiger partial charge in [0.15, 0.2) is 11.5 Å². The molecule has 0 aliphatic rings. The van der Waals surface area contributed by atoms with Crippen LogP contribution in [0.2, 0.25) is 0 Å². The van der Waals surface area contributed by atoms with E-state index >= 15 is 0 Å².